The zero-order chi connectivity index (χ0) is 8.55. The fraction of sp³-hybridized carbons (Fsp3) is 0.125. The molecule has 1 aromatic carbocycles. The van der Waals surface area contributed by atoms with E-state index in [1.54, 1.807) is 18.2 Å². The standard InChI is InChI=1S/C8H7NO3/c9-6-1-2-7-5(3-6)4-11-8(10)12-7/h1-3H,4,9H2. The monoisotopic (exact) mass is 165 g/mol. The van der Waals surface area contributed by atoms with Crippen molar-refractivity contribution >= 4 is 11.8 Å². The zero-order valence-electron chi connectivity index (χ0n) is 6.24. The molecule has 0 saturated carbocycles. The summed E-state index contributed by atoms with van der Waals surface area (Å²) in [6.45, 7) is 0.235. The third kappa shape index (κ3) is 1.07. The molecule has 1 aliphatic heterocycles. The number of anilines is 1. The molecule has 62 valence electrons. The fourth-order valence-corrected chi connectivity index (χ4v) is 1.07. The van der Waals surface area contributed by atoms with E-state index in [0.29, 0.717) is 11.4 Å². The summed E-state index contributed by atoms with van der Waals surface area (Å²) in [5.74, 6) is 0.528. The molecule has 0 spiro atoms. The summed E-state index contributed by atoms with van der Waals surface area (Å²) in [5, 5.41) is 0. The minimum Gasteiger partial charge on any atom is -0.429 e. The molecule has 0 bridgehead atoms. The van der Waals surface area contributed by atoms with Crippen LogP contribution in [0.25, 0.3) is 0 Å². The molecule has 0 unspecified atom stereocenters. The smallest absolute Gasteiger partial charge is 0.429 e. The molecule has 0 aliphatic carbocycles. The molecule has 1 aliphatic rings. The SMILES string of the molecule is Nc1ccc2c(c1)COC(=O)O2. The first-order valence-electron chi connectivity index (χ1n) is 3.49. The van der Waals surface area contributed by atoms with Crippen LogP contribution in [0, 0.1) is 0 Å². The van der Waals surface area contributed by atoms with E-state index in [1.807, 2.05) is 0 Å². The Morgan fingerprint density at radius 2 is 2.25 bits per heavy atom. The molecule has 0 radical (unpaired) electrons. The Kier molecular flexibility index (Phi) is 1.40. The van der Waals surface area contributed by atoms with Crippen LogP contribution in [0.3, 0.4) is 0 Å². The van der Waals surface area contributed by atoms with Crippen LogP contribution >= 0.6 is 0 Å². The van der Waals surface area contributed by atoms with Gasteiger partial charge in [0.05, 0.1) is 0 Å². The number of rotatable bonds is 0. The highest BCUT2D eigenvalue weighted by Crippen LogP contribution is 2.25. The molecular weight excluding hydrogens is 158 g/mol. The number of cyclic esters (lactones) is 1. The van der Waals surface area contributed by atoms with Gasteiger partial charge in [-0.25, -0.2) is 4.79 Å². The third-order valence-corrected chi connectivity index (χ3v) is 1.62. The molecule has 0 aromatic heterocycles. The molecule has 12 heavy (non-hydrogen) atoms. The van der Waals surface area contributed by atoms with Crippen LogP contribution in [-0.2, 0) is 11.3 Å². The van der Waals surface area contributed by atoms with Crippen LogP contribution in [0.4, 0.5) is 10.5 Å². The molecule has 0 fully saturated rings. The van der Waals surface area contributed by atoms with E-state index in [9.17, 15) is 4.79 Å². The Labute approximate surface area is 68.9 Å². The minimum atomic E-state index is -0.660. The number of hydrogen-bond acceptors (Lipinski definition) is 4. The van der Waals surface area contributed by atoms with Gasteiger partial charge in [0.25, 0.3) is 0 Å². The van der Waals surface area contributed by atoms with Crippen LogP contribution < -0.4 is 10.5 Å². The lowest BCUT2D eigenvalue weighted by Crippen LogP contribution is -2.17. The van der Waals surface area contributed by atoms with Gasteiger partial charge in [-0.15, -0.1) is 0 Å². The number of hydrogen-bond donors (Lipinski definition) is 1. The van der Waals surface area contributed by atoms with Gasteiger partial charge < -0.3 is 15.2 Å². The highest BCUT2D eigenvalue weighted by molar-refractivity contribution is 5.67. The lowest BCUT2D eigenvalue weighted by molar-refractivity contribution is 0.0786. The molecular formula is C8H7NO3. The summed E-state index contributed by atoms with van der Waals surface area (Å²) in [7, 11) is 0. The summed E-state index contributed by atoms with van der Waals surface area (Å²) in [5.41, 5.74) is 6.96. The van der Waals surface area contributed by atoms with E-state index in [4.69, 9.17) is 10.5 Å². The van der Waals surface area contributed by atoms with E-state index < -0.39 is 6.16 Å². The Morgan fingerprint density at radius 3 is 3.08 bits per heavy atom. The van der Waals surface area contributed by atoms with E-state index in [1.165, 1.54) is 0 Å². The lowest BCUT2D eigenvalue weighted by atomic mass is 10.2. The van der Waals surface area contributed by atoms with Crippen molar-refractivity contribution in [1.82, 2.24) is 0 Å². The molecule has 0 atom stereocenters. The molecule has 4 nitrogen and oxygen atoms in total. The van der Waals surface area contributed by atoms with E-state index in [0.717, 1.165) is 5.56 Å². The van der Waals surface area contributed by atoms with Gasteiger partial charge in [-0.2, -0.15) is 0 Å². The van der Waals surface area contributed by atoms with Crippen LogP contribution in [0.5, 0.6) is 5.75 Å². The van der Waals surface area contributed by atoms with Crippen LogP contribution in [0.15, 0.2) is 18.2 Å². The maximum atomic E-state index is 10.6. The minimum absolute atomic E-state index is 0.235. The summed E-state index contributed by atoms with van der Waals surface area (Å²) in [6, 6.07) is 5.06. The average molecular weight is 165 g/mol. The number of carbonyl (C=O) groups is 1. The number of benzene rings is 1. The van der Waals surface area contributed by atoms with Crippen LogP contribution in [-0.4, -0.2) is 6.16 Å². The first-order chi connectivity index (χ1) is 5.75. The molecule has 1 aromatic rings. The third-order valence-electron chi connectivity index (χ3n) is 1.62. The van der Waals surface area contributed by atoms with Crippen molar-refractivity contribution in [3.05, 3.63) is 23.8 Å². The predicted octanol–water partition coefficient (Wildman–Crippen LogP) is 1.30. The van der Waals surface area contributed by atoms with Crippen molar-refractivity contribution in [2.75, 3.05) is 5.73 Å². The molecule has 2 rings (SSSR count). The molecule has 4 heteroatoms. The molecule has 1 heterocycles. The van der Waals surface area contributed by atoms with Gasteiger partial charge in [-0.1, -0.05) is 0 Å². The van der Waals surface area contributed by atoms with E-state index >= 15 is 0 Å². The summed E-state index contributed by atoms with van der Waals surface area (Å²) in [4.78, 5) is 10.6. The van der Waals surface area contributed by atoms with Gasteiger partial charge in [0.2, 0.25) is 0 Å². The van der Waals surface area contributed by atoms with Crippen molar-refractivity contribution in [3.8, 4) is 5.75 Å². The maximum absolute atomic E-state index is 10.6. The van der Waals surface area contributed by atoms with Gasteiger partial charge in [-0.05, 0) is 18.2 Å². The number of ether oxygens (including phenoxy) is 2. The zero-order valence-corrected chi connectivity index (χ0v) is 6.24. The van der Waals surface area contributed by atoms with E-state index in [2.05, 4.69) is 4.74 Å². The molecule has 0 amide bonds. The Bertz CT molecular complexity index is 335. The van der Waals surface area contributed by atoms with Crippen LogP contribution in [0.2, 0.25) is 0 Å². The highest BCUT2D eigenvalue weighted by Gasteiger charge is 2.17. The Morgan fingerprint density at radius 1 is 1.42 bits per heavy atom. The van der Waals surface area contributed by atoms with E-state index in [-0.39, 0.29) is 6.61 Å². The van der Waals surface area contributed by atoms with Crippen molar-refractivity contribution in [2.24, 2.45) is 0 Å². The topological polar surface area (TPSA) is 61.5 Å². The number of carbonyl (C=O) groups excluding carboxylic acids is 1. The molecule has 0 saturated heterocycles. The van der Waals surface area contributed by atoms with Gasteiger partial charge in [0.1, 0.15) is 12.4 Å². The summed E-state index contributed by atoms with van der Waals surface area (Å²) in [6.07, 6.45) is -0.660. The average Bonchev–Trinajstić information content (AvgIpc) is 2.05. The largest absolute Gasteiger partial charge is 0.514 e. The second kappa shape index (κ2) is 2.41. The van der Waals surface area contributed by atoms with Crippen molar-refractivity contribution < 1.29 is 14.3 Å². The summed E-state index contributed by atoms with van der Waals surface area (Å²) >= 11 is 0. The number of fused-ring (bicyclic) bond motifs is 1. The second-order valence-corrected chi connectivity index (χ2v) is 2.51. The number of nitrogens with two attached hydrogens (primary N) is 1. The summed E-state index contributed by atoms with van der Waals surface area (Å²) < 4.78 is 9.41. The van der Waals surface area contributed by atoms with Crippen molar-refractivity contribution in [3.63, 3.8) is 0 Å². The van der Waals surface area contributed by atoms with Gasteiger partial charge >= 0.3 is 6.16 Å². The van der Waals surface area contributed by atoms with Crippen LogP contribution in [0.1, 0.15) is 5.56 Å². The Hall–Kier alpha value is -1.71. The van der Waals surface area contributed by atoms with Gasteiger partial charge in [0.15, 0.2) is 0 Å². The fourth-order valence-electron chi connectivity index (χ4n) is 1.07. The van der Waals surface area contributed by atoms with Crippen molar-refractivity contribution in [1.29, 1.82) is 0 Å². The van der Waals surface area contributed by atoms with Gasteiger partial charge in [0, 0.05) is 11.3 Å². The Balaban J connectivity index is 2.43. The van der Waals surface area contributed by atoms with Crippen molar-refractivity contribution in [2.45, 2.75) is 6.61 Å². The first-order valence-corrected chi connectivity index (χ1v) is 3.49. The normalized spacial score (nSPS) is 14.5. The predicted molar refractivity (Wildman–Crippen MR) is 41.7 cm³/mol. The lowest BCUT2D eigenvalue weighted by Gasteiger charge is -2.15. The maximum Gasteiger partial charge on any atom is 0.514 e. The highest BCUT2D eigenvalue weighted by atomic mass is 16.7. The quantitative estimate of drug-likeness (QED) is 0.357. The number of nitrogen functional groups attached to an aromatic ring is 1. The molecule has 2 N–H and O–H groups in total. The van der Waals surface area contributed by atoms with Gasteiger partial charge in [-0.3, -0.25) is 0 Å². The second-order valence-electron chi connectivity index (χ2n) is 2.51. The first kappa shape index (κ1) is 6.97.